The van der Waals surface area contributed by atoms with E-state index in [1.165, 1.54) is 12.1 Å². The number of non-ortho nitro benzene ring substituents is 1. The lowest BCUT2D eigenvalue weighted by Crippen LogP contribution is -2.36. The summed E-state index contributed by atoms with van der Waals surface area (Å²) in [6.45, 7) is 7.01. The Labute approximate surface area is 157 Å². The Kier molecular flexibility index (Phi) is 6.59. The third-order valence-electron chi connectivity index (χ3n) is 3.99. The number of hydrogen-bond acceptors (Lipinski definition) is 6. The van der Waals surface area contributed by atoms with Crippen molar-refractivity contribution in [2.75, 3.05) is 19.6 Å². The monoisotopic (exact) mass is 379 g/mol. The molecule has 0 aromatic heterocycles. The fourth-order valence-corrected chi connectivity index (χ4v) is 2.63. The summed E-state index contributed by atoms with van der Waals surface area (Å²) in [7, 11) is 0. The van der Waals surface area contributed by atoms with Gasteiger partial charge in [-0.25, -0.2) is 9.59 Å². The molecular weight excluding hydrogens is 354 g/mol. The third kappa shape index (κ3) is 6.76. The molecule has 1 atom stereocenters. The van der Waals surface area contributed by atoms with Gasteiger partial charge in [0.25, 0.3) is 5.69 Å². The van der Waals surface area contributed by atoms with Crippen LogP contribution in [0.15, 0.2) is 24.3 Å². The largest absolute Gasteiger partial charge is 0.445 e. The van der Waals surface area contributed by atoms with Gasteiger partial charge < -0.3 is 19.7 Å². The Balaban J connectivity index is 1.68. The van der Waals surface area contributed by atoms with Gasteiger partial charge in [-0.3, -0.25) is 10.1 Å². The van der Waals surface area contributed by atoms with Gasteiger partial charge in [0.2, 0.25) is 0 Å². The Morgan fingerprint density at radius 1 is 1.30 bits per heavy atom. The molecule has 2 amide bonds. The fourth-order valence-electron chi connectivity index (χ4n) is 2.63. The zero-order valence-corrected chi connectivity index (χ0v) is 15.8. The summed E-state index contributed by atoms with van der Waals surface area (Å²) in [5.74, 6) is 0.143. The Morgan fingerprint density at radius 2 is 1.96 bits per heavy atom. The van der Waals surface area contributed by atoms with E-state index in [1.54, 1.807) is 17.0 Å². The zero-order valence-electron chi connectivity index (χ0n) is 15.8. The van der Waals surface area contributed by atoms with E-state index < -0.39 is 16.6 Å². The summed E-state index contributed by atoms with van der Waals surface area (Å²) in [5.41, 5.74) is 0.112. The van der Waals surface area contributed by atoms with Crippen LogP contribution in [-0.2, 0) is 16.1 Å². The van der Waals surface area contributed by atoms with Gasteiger partial charge in [-0.2, -0.15) is 0 Å². The van der Waals surface area contributed by atoms with E-state index in [9.17, 15) is 19.7 Å². The second-order valence-corrected chi connectivity index (χ2v) is 7.46. The van der Waals surface area contributed by atoms with Crippen LogP contribution in [-0.4, -0.2) is 47.2 Å². The summed E-state index contributed by atoms with van der Waals surface area (Å²) in [6.07, 6.45) is -0.128. The standard InChI is InChI=1S/C18H25N3O6/c1-18(2,3)27-17(23)20-9-8-14(11-20)10-19-16(22)26-12-13-4-6-15(7-5-13)21(24)25/h4-7,14H,8-12H2,1-3H3,(H,19,22)/t14-/m1/s1. The maximum absolute atomic E-state index is 12.0. The molecule has 1 N–H and O–H groups in total. The van der Waals surface area contributed by atoms with Gasteiger partial charge in [0, 0.05) is 31.8 Å². The van der Waals surface area contributed by atoms with Gasteiger partial charge in [0.15, 0.2) is 0 Å². The van der Waals surface area contributed by atoms with Crippen LogP contribution >= 0.6 is 0 Å². The molecule has 0 aliphatic carbocycles. The predicted molar refractivity (Wildman–Crippen MR) is 97.2 cm³/mol. The molecule has 1 aliphatic rings. The predicted octanol–water partition coefficient (Wildman–Crippen LogP) is 3.08. The first kappa shape index (κ1) is 20.5. The van der Waals surface area contributed by atoms with E-state index in [4.69, 9.17) is 9.47 Å². The molecule has 1 aliphatic heterocycles. The normalized spacial score (nSPS) is 16.7. The smallest absolute Gasteiger partial charge is 0.410 e. The molecular formula is C18H25N3O6. The summed E-state index contributed by atoms with van der Waals surface area (Å²) in [4.78, 5) is 35.6. The molecule has 2 rings (SSSR count). The number of carbonyl (C=O) groups excluding carboxylic acids is 2. The quantitative estimate of drug-likeness (QED) is 0.622. The number of nitrogens with zero attached hydrogens (tertiary/aromatic N) is 2. The number of nitrogens with one attached hydrogen (secondary N) is 1. The minimum absolute atomic E-state index is 0.0148. The van der Waals surface area contributed by atoms with Crippen LogP contribution < -0.4 is 5.32 Å². The Bertz CT molecular complexity index is 683. The van der Waals surface area contributed by atoms with E-state index in [-0.39, 0.29) is 24.3 Å². The van der Waals surface area contributed by atoms with Crippen molar-refractivity contribution in [3.8, 4) is 0 Å². The molecule has 0 unspecified atom stereocenters. The lowest BCUT2D eigenvalue weighted by molar-refractivity contribution is -0.384. The first-order valence-electron chi connectivity index (χ1n) is 8.76. The maximum atomic E-state index is 12.0. The van der Waals surface area contributed by atoms with Crippen LogP contribution in [0.3, 0.4) is 0 Å². The molecule has 27 heavy (non-hydrogen) atoms. The summed E-state index contributed by atoms with van der Waals surface area (Å²) in [6, 6.07) is 5.81. The van der Waals surface area contributed by atoms with Crippen molar-refractivity contribution in [3.63, 3.8) is 0 Å². The van der Waals surface area contributed by atoms with E-state index in [0.717, 1.165) is 6.42 Å². The molecule has 1 heterocycles. The number of ether oxygens (including phenoxy) is 2. The molecule has 148 valence electrons. The van der Waals surface area contributed by atoms with Crippen LogP contribution in [0.4, 0.5) is 15.3 Å². The average Bonchev–Trinajstić information content (AvgIpc) is 3.06. The topological polar surface area (TPSA) is 111 Å². The lowest BCUT2D eigenvalue weighted by atomic mass is 10.1. The van der Waals surface area contributed by atoms with Crippen molar-refractivity contribution >= 4 is 17.9 Å². The molecule has 0 bridgehead atoms. The van der Waals surface area contributed by atoms with Crippen molar-refractivity contribution in [1.82, 2.24) is 10.2 Å². The third-order valence-corrected chi connectivity index (χ3v) is 3.99. The summed E-state index contributed by atoms with van der Waals surface area (Å²) in [5, 5.41) is 13.3. The maximum Gasteiger partial charge on any atom is 0.410 e. The molecule has 1 aromatic carbocycles. The van der Waals surface area contributed by atoms with Crippen molar-refractivity contribution in [3.05, 3.63) is 39.9 Å². The Hall–Kier alpha value is -2.84. The highest BCUT2D eigenvalue weighted by atomic mass is 16.6. The second-order valence-electron chi connectivity index (χ2n) is 7.46. The van der Waals surface area contributed by atoms with Gasteiger partial charge in [0.05, 0.1) is 4.92 Å². The van der Waals surface area contributed by atoms with Gasteiger partial charge in [-0.05, 0) is 50.8 Å². The number of hydrogen-bond donors (Lipinski definition) is 1. The van der Waals surface area contributed by atoms with Gasteiger partial charge in [0.1, 0.15) is 12.2 Å². The summed E-state index contributed by atoms with van der Waals surface area (Å²) < 4.78 is 10.4. The first-order valence-corrected chi connectivity index (χ1v) is 8.76. The highest BCUT2D eigenvalue weighted by Gasteiger charge is 2.29. The number of amides is 2. The molecule has 1 saturated heterocycles. The summed E-state index contributed by atoms with van der Waals surface area (Å²) >= 11 is 0. The second kappa shape index (κ2) is 8.70. The van der Waals surface area contributed by atoms with Crippen LogP contribution in [0.25, 0.3) is 0 Å². The highest BCUT2D eigenvalue weighted by molar-refractivity contribution is 5.69. The van der Waals surface area contributed by atoms with E-state index in [0.29, 0.717) is 25.2 Å². The van der Waals surface area contributed by atoms with Crippen LogP contribution in [0.5, 0.6) is 0 Å². The van der Waals surface area contributed by atoms with Crippen molar-refractivity contribution in [2.45, 2.75) is 39.4 Å². The SMILES string of the molecule is CC(C)(C)OC(=O)N1CC[C@H](CNC(=O)OCc2ccc([N+](=O)[O-])cc2)C1. The zero-order chi connectivity index (χ0) is 20.0. The van der Waals surface area contributed by atoms with Gasteiger partial charge in [-0.15, -0.1) is 0 Å². The number of nitro benzene ring substituents is 1. The minimum Gasteiger partial charge on any atom is -0.445 e. The van der Waals surface area contributed by atoms with Crippen LogP contribution in [0, 0.1) is 16.0 Å². The molecule has 9 heteroatoms. The van der Waals surface area contributed by atoms with E-state index >= 15 is 0 Å². The molecule has 0 saturated carbocycles. The van der Waals surface area contributed by atoms with Crippen molar-refractivity contribution in [2.24, 2.45) is 5.92 Å². The number of nitro groups is 1. The van der Waals surface area contributed by atoms with E-state index in [2.05, 4.69) is 5.32 Å². The Morgan fingerprint density at radius 3 is 2.56 bits per heavy atom. The van der Waals surface area contributed by atoms with Gasteiger partial charge >= 0.3 is 12.2 Å². The number of benzene rings is 1. The molecule has 0 radical (unpaired) electrons. The highest BCUT2D eigenvalue weighted by Crippen LogP contribution is 2.19. The van der Waals surface area contributed by atoms with Crippen molar-refractivity contribution < 1.29 is 24.0 Å². The van der Waals surface area contributed by atoms with Crippen LogP contribution in [0.2, 0.25) is 0 Å². The molecule has 0 spiro atoms. The average molecular weight is 379 g/mol. The number of carbonyl (C=O) groups is 2. The van der Waals surface area contributed by atoms with E-state index in [1.807, 2.05) is 20.8 Å². The number of rotatable bonds is 5. The lowest BCUT2D eigenvalue weighted by Gasteiger charge is -2.24. The minimum atomic E-state index is -0.566. The number of alkyl carbamates (subject to hydrolysis) is 1. The van der Waals surface area contributed by atoms with Gasteiger partial charge in [-0.1, -0.05) is 0 Å². The molecule has 9 nitrogen and oxygen atoms in total. The molecule has 1 aromatic rings. The number of likely N-dealkylation sites (tertiary alicyclic amines) is 1. The van der Waals surface area contributed by atoms with Crippen LogP contribution in [0.1, 0.15) is 32.8 Å². The molecule has 1 fully saturated rings. The first-order chi connectivity index (χ1) is 12.6. The van der Waals surface area contributed by atoms with Crippen molar-refractivity contribution in [1.29, 1.82) is 0 Å². The fraction of sp³-hybridized carbons (Fsp3) is 0.556.